The average Bonchev–Trinajstić information content (AvgIpc) is 2.63. The van der Waals surface area contributed by atoms with Crippen molar-refractivity contribution in [1.29, 1.82) is 0 Å². The molecule has 25 heavy (non-hydrogen) atoms. The van der Waals surface area contributed by atoms with Crippen molar-refractivity contribution in [3.8, 4) is 11.5 Å². The van der Waals surface area contributed by atoms with Crippen LogP contribution in [0.2, 0.25) is 0 Å². The third kappa shape index (κ3) is 2.91. The quantitative estimate of drug-likeness (QED) is 0.869. The third-order valence-corrected chi connectivity index (χ3v) is 4.20. The summed E-state index contributed by atoms with van der Waals surface area (Å²) in [6, 6.07) is 14.1. The van der Waals surface area contributed by atoms with Crippen LogP contribution in [-0.2, 0) is 9.59 Å². The second-order valence-electron chi connectivity index (χ2n) is 5.84. The standard InChI is InChI=1S/C19H20N2O4/c1-4-21-15-10-5-6-11-16(15)25-19(2,18(21)23)17(22)20-13-8-7-9-14(12-13)24-3/h5-12H,4H2,1-3H3,(H,20,22). The van der Waals surface area contributed by atoms with Gasteiger partial charge in [0.1, 0.15) is 11.5 Å². The van der Waals surface area contributed by atoms with Crippen LogP contribution in [0.5, 0.6) is 11.5 Å². The Labute approximate surface area is 146 Å². The zero-order chi connectivity index (χ0) is 18.0. The molecule has 0 aromatic heterocycles. The summed E-state index contributed by atoms with van der Waals surface area (Å²) in [5.41, 5.74) is -0.446. The first-order chi connectivity index (χ1) is 12.0. The number of nitrogens with one attached hydrogen (secondary N) is 1. The van der Waals surface area contributed by atoms with Crippen LogP contribution in [0.4, 0.5) is 11.4 Å². The van der Waals surface area contributed by atoms with E-state index in [0.717, 1.165) is 0 Å². The molecule has 0 radical (unpaired) electrons. The number of hydrogen-bond acceptors (Lipinski definition) is 4. The molecule has 1 N–H and O–H groups in total. The fraction of sp³-hybridized carbons (Fsp3) is 0.263. The van der Waals surface area contributed by atoms with E-state index in [1.54, 1.807) is 48.4 Å². The molecule has 1 heterocycles. The molecule has 1 unspecified atom stereocenters. The minimum atomic E-state index is -1.65. The van der Waals surface area contributed by atoms with Gasteiger partial charge in [-0.05, 0) is 38.1 Å². The van der Waals surface area contributed by atoms with Gasteiger partial charge in [0, 0.05) is 18.3 Å². The molecule has 1 atom stereocenters. The van der Waals surface area contributed by atoms with Gasteiger partial charge in [-0.3, -0.25) is 9.59 Å². The van der Waals surface area contributed by atoms with Crippen LogP contribution in [0.15, 0.2) is 48.5 Å². The maximum absolute atomic E-state index is 12.9. The number of rotatable bonds is 4. The molecule has 2 amide bonds. The summed E-state index contributed by atoms with van der Waals surface area (Å²) in [4.78, 5) is 27.3. The van der Waals surface area contributed by atoms with Crippen molar-refractivity contribution in [1.82, 2.24) is 0 Å². The summed E-state index contributed by atoms with van der Waals surface area (Å²) < 4.78 is 11.0. The molecule has 6 nitrogen and oxygen atoms in total. The van der Waals surface area contributed by atoms with Crippen molar-refractivity contribution in [3.63, 3.8) is 0 Å². The van der Waals surface area contributed by atoms with Crippen LogP contribution in [0, 0.1) is 0 Å². The number of anilines is 2. The lowest BCUT2D eigenvalue weighted by Crippen LogP contribution is -2.60. The SMILES string of the molecule is CCN1C(=O)C(C)(C(=O)Nc2cccc(OC)c2)Oc2ccccc21. The third-order valence-electron chi connectivity index (χ3n) is 4.20. The fourth-order valence-corrected chi connectivity index (χ4v) is 2.81. The van der Waals surface area contributed by atoms with Crippen molar-refractivity contribution < 1.29 is 19.1 Å². The number of benzene rings is 2. The Kier molecular flexibility index (Phi) is 4.35. The highest BCUT2D eigenvalue weighted by molar-refractivity contribution is 6.19. The second kappa shape index (κ2) is 6.47. The molecule has 130 valence electrons. The van der Waals surface area contributed by atoms with E-state index in [9.17, 15) is 9.59 Å². The molecule has 0 fully saturated rings. The van der Waals surface area contributed by atoms with Crippen LogP contribution < -0.4 is 19.7 Å². The molecule has 0 spiro atoms. The zero-order valence-electron chi connectivity index (χ0n) is 14.4. The second-order valence-corrected chi connectivity index (χ2v) is 5.84. The van der Waals surface area contributed by atoms with Gasteiger partial charge in [-0.1, -0.05) is 18.2 Å². The van der Waals surface area contributed by atoms with Crippen LogP contribution in [0.1, 0.15) is 13.8 Å². The Morgan fingerprint density at radius 1 is 1.24 bits per heavy atom. The molecule has 0 saturated heterocycles. The maximum Gasteiger partial charge on any atom is 0.280 e. The lowest BCUT2D eigenvalue weighted by Gasteiger charge is -2.39. The first-order valence-corrected chi connectivity index (χ1v) is 8.05. The topological polar surface area (TPSA) is 67.9 Å². The number of likely N-dealkylation sites (N-methyl/N-ethyl adjacent to an activating group) is 1. The summed E-state index contributed by atoms with van der Waals surface area (Å²) in [6.07, 6.45) is 0. The molecule has 1 aliphatic heterocycles. The first kappa shape index (κ1) is 16.8. The number of methoxy groups -OCH3 is 1. The van der Waals surface area contributed by atoms with Gasteiger partial charge in [-0.25, -0.2) is 0 Å². The van der Waals surface area contributed by atoms with E-state index >= 15 is 0 Å². The largest absolute Gasteiger partial charge is 0.497 e. The van der Waals surface area contributed by atoms with Crippen LogP contribution in [0.3, 0.4) is 0 Å². The van der Waals surface area contributed by atoms with Gasteiger partial charge in [0.15, 0.2) is 0 Å². The minimum absolute atomic E-state index is 0.394. The van der Waals surface area contributed by atoms with E-state index < -0.39 is 17.4 Å². The molecular formula is C19H20N2O4. The van der Waals surface area contributed by atoms with Crippen LogP contribution in [0.25, 0.3) is 0 Å². The maximum atomic E-state index is 12.9. The Morgan fingerprint density at radius 3 is 2.72 bits per heavy atom. The van der Waals surface area contributed by atoms with E-state index in [1.165, 1.54) is 6.92 Å². The molecule has 0 saturated carbocycles. The van der Waals surface area contributed by atoms with Gasteiger partial charge in [0.2, 0.25) is 0 Å². The predicted octanol–water partition coefficient (Wildman–Crippen LogP) is 2.84. The molecular weight excluding hydrogens is 320 g/mol. The Bertz CT molecular complexity index is 821. The highest BCUT2D eigenvalue weighted by Crippen LogP contribution is 2.38. The van der Waals surface area contributed by atoms with Gasteiger partial charge in [0.05, 0.1) is 12.8 Å². The van der Waals surface area contributed by atoms with E-state index in [1.807, 2.05) is 19.1 Å². The summed E-state index contributed by atoms with van der Waals surface area (Å²) in [6.45, 7) is 3.80. The summed E-state index contributed by atoms with van der Waals surface area (Å²) >= 11 is 0. The molecule has 2 aromatic rings. The monoisotopic (exact) mass is 340 g/mol. The predicted molar refractivity (Wildman–Crippen MR) is 95.1 cm³/mol. The van der Waals surface area contributed by atoms with E-state index in [0.29, 0.717) is 29.4 Å². The summed E-state index contributed by atoms with van der Waals surface area (Å²) in [7, 11) is 1.55. The number of amides is 2. The van der Waals surface area contributed by atoms with Gasteiger partial charge < -0.3 is 19.7 Å². The highest BCUT2D eigenvalue weighted by Gasteiger charge is 2.50. The summed E-state index contributed by atoms with van der Waals surface area (Å²) in [5, 5.41) is 2.74. The molecule has 0 bridgehead atoms. The van der Waals surface area contributed by atoms with Crippen molar-refractivity contribution in [2.24, 2.45) is 0 Å². The number of hydrogen-bond donors (Lipinski definition) is 1. The molecule has 6 heteroatoms. The number of para-hydroxylation sites is 2. The number of fused-ring (bicyclic) bond motifs is 1. The Hall–Kier alpha value is -3.02. The molecule has 3 rings (SSSR count). The van der Waals surface area contributed by atoms with Crippen LogP contribution in [-0.4, -0.2) is 31.1 Å². The fourth-order valence-electron chi connectivity index (χ4n) is 2.81. The van der Waals surface area contributed by atoms with E-state index in [-0.39, 0.29) is 0 Å². The van der Waals surface area contributed by atoms with Crippen molar-refractivity contribution in [2.45, 2.75) is 19.4 Å². The van der Waals surface area contributed by atoms with E-state index in [4.69, 9.17) is 9.47 Å². The smallest absolute Gasteiger partial charge is 0.280 e. The van der Waals surface area contributed by atoms with Crippen molar-refractivity contribution >= 4 is 23.2 Å². The zero-order valence-corrected chi connectivity index (χ0v) is 14.4. The van der Waals surface area contributed by atoms with Crippen molar-refractivity contribution in [2.75, 3.05) is 23.9 Å². The minimum Gasteiger partial charge on any atom is -0.497 e. The number of carbonyl (C=O) groups excluding carboxylic acids is 2. The first-order valence-electron chi connectivity index (χ1n) is 8.05. The average molecular weight is 340 g/mol. The highest BCUT2D eigenvalue weighted by atomic mass is 16.5. The lowest BCUT2D eigenvalue weighted by atomic mass is 9.99. The number of ether oxygens (including phenoxy) is 2. The van der Waals surface area contributed by atoms with Gasteiger partial charge in [0.25, 0.3) is 17.4 Å². The summed E-state index contributed by atoms with van der Waals surface area (Å²) in [5.74, 6) is 0.194. The normalized spacial score (nSPS) is 19.0. The molecule has 1 aliphatic rings. The van der Waals surface area contributed by atoms with Gasteiger partial charge in [-0.15, -0.1) is 0 Å². The number of carbonyl (C=O) groups is 2. The van der Waals surface area contributed by atoms with Crippen molar-refractivity contribution in [3.05, 3.63) is 48.5 Å². The molecule has 0 aliphatic carbocycles. The molecule has 2 aromatic carbocycles. The van der Waals surface area contributed by atoms with Gasteiger partial charge >= 0.3 is 0 Å². The Morgan fingerprint density at radius 2 is 2.00 bits per heavy atom. The lowest BCUT2D eigenvalue weighted by molar-refractivity contribution is -0.145. The van der Waals surface area contributed by atoms with Crippen LogP contribution >= 0.6 is 0 Å². The van der Waals surface area contributed by atoms with E-state index in [2.05, 4.69) is 5.32 Å². The van der Waals surface area contributed by atoms with Gasteiger partial charge in [-0.2, -0.15) is 0 Å². The Balaban J connectivity index is 1.92. The number of nitrogens with zero attached hydrogens (tertiary/aromatic N) is 1.